The van der Waals surface area contributed by atoms with E-state index in [0.717, 1.165) is 25.6 Å². The molecule has 0 unspecified atom stereocenters. The molecular formula is C16H22N4. The van der Waals surface area contributed by atoms with E-state index in [0.29, 0.717) is 6.54 Å². The van der Waals surface area contributed by atoms with E-state index in [2.05, 4.69) is 63.5 Å². The maximum atomic E-state index is 4.17. The van der Waals surface area contributed by atoms with Crippen LogP contribution >= 0.6 is 0 Å². The van der Waals surface area contributed by atoms with Crippen LogP contribution in [0.25, 0.3) is 0 Å². The Hall–Kier alpha value is -2.23. The Morgan fingerprint density at radius 1 is 1.35 bits per heavy atom. The van der Waals surface area contributed by atoms with Crippen LogP contribution in [0, 0.1) is 0 Å². The Labute approximate surface area is 120 Å². The third-order valence-electron chi connectivity index (χ3n) is 3.19. The first-order valence-electron chi connectivity index (χ1n) is 6.88. The van der Waals surface area contributed by atoms with E-state index in [-0.39, 0.29) is 0 Å². The minimum Gasteiger partial charge on any atom is -0.364 e. The molecule has 1 aliphatic heterocycles. The van der Waals surface area contributed by atoms with Gasteiger partial charge >= 0.3 is 0 Å². The van der Waals surface area contributed by atoms with Crippen LogP contribution in [0.15, 0.2) is 54.1 Å². The van der Waals surface area contributed by atoms with Crippen molar-refractivity contribution in [3.8, 4) is 0 Å². The minimum absolute atomic E-state index is 0.708. The summed E-state index contributed by atoms with van der Waals surface area (Å²) >= 11 is 0. The maximum absolute atomic E-state index is 4.17. The number of hydrogen-bond acceptors (Lipinski definition) is 2. The molecule has 1 aromatic carbocycles. The lowest BCUT2D eigenvalue weighted by atomic mass is 10.2. The first-order valence-corrected chi connectivity index (χ1v) is 6.88. The van der Waals surface area contributed by atoms with Crippen LogP contribution in [0.4, 0.5) is 5.69 Å². The normalized spacial score (nSPS) is 14.4. The van der Waals surface area contributed by atoms with Gasteiger partial charge in [0.15, 0.2) is 5.96 Å². The molecule has 0 atom stereocenters. The molecule has 0 spiro atoms. The van der Waals surface area contributed by atoms with Crippen molar-refractivity contribution in [3.05, 3.63) is 54.6 Å². The van der Waals surface area contributed by atoms with Gasteiger partial charge in [-0.3, -0.25) is 4.99 Å². The lowest BCUT2D eigenvalue weighted by molar-refractivity contribution is 0.846. The molecule has 0 aliphatic carbocycles. The third kappa shape index (κ3) is 3.88. The maximum Gasteiger partial charge on any atom is 0.191 e. The van der Waals surface area contributed by atoms with Crippen molar-refractivity contribution in [2.45, 2.75) is 6.54 Å². The molecule has 0 radical (unpaired) electrons. The van der Waals surface area contributed by atoms with Crippen molar-refractivity contribution in [3.63, 3.8) is 0 Å². The summed E-state index contributed by atoms with van der Waals surface area (Å²) in [7, 11) is 1.77. The second-order valence-electron chi connectivity index (χ2n) is 4.64. The van der Waals surface area contributed by atoms with Crippen LogP contribution in [0.1, 0.15) is 5.56 Å². The topological polar surface area (TPSA) is 39.7 Å². The van der Waals surface area contributed by atoms with E-state index >= 15 is 0 Å². The lowest BCUT2D eigenvalue weighted by Gasteiger charge is -2.18. The number of guanidine groups is 1. The zero-order valence-corrected chi connectivity index (χ0v) is 12.0. The SMILES string of the molecule is C=CCNC(=NC)NCc1cccc(N2CC=CC2)c1. The molecule has 0 amide bonds. The van der Waals surface area contributed by atoms with Gasteiger partial charge in [0.1, 0.15) is 0 Å². The van der Waals surface area contributed by atoms with E-state index in [1.807, 2.05) is 6.08 Å². The average molecular weight is 270 g/mol. The molecule has 2 rings (SSSR count). The van der Waals surface area contributed by atoms with Crippen molar-refractivity contribution in [2.75, 3.05) is 31.6 Å². The van der Waals surface area contributed by atoms with Gasteiger partial charge in [0.2, 0.25) is 0 Å². The molecule has 4 heteroatoms. The molecule has 1 heterocycles. The number of rotatable bonds is 5. The van der Waals surface area contributed by atoms with Crippen LogP contribution in [0.5, 0.6) is 0 Å². The molecule has 1 aliphatic rings. The number of anilines is 1. The smallest absolute Gasteiger partial charge is 0.191 e. The van der Waals surface area contributed by atoms with Crippen molar-refractivity contribution < 1.29 is 0 Å². The van der Waals surface area contributed by atoms with Crippen LogP contribution in [0.3, 0.4) is 0 Å². The molecule has 4 nitrogen and oxygen atoms in total. The highest BCUT2D eigenvalue weighted by Crippen LogP contribution is 2.18. The van der Waals surface area contributed by atoms with Crippen LogP contribution in [-0.2, 0) is 6.54 Å². The number of benzene rings is 1. The van der Waals surface area contributed by atoms with Crippen molar-refractivity contribution in [1.29, 1.82) is 0 Å². The molecule has 0 fully saturated rings. The zero-order chi connectivity index (χ0) is 14.2. The zero-order valence-electron chi connectivity index (χ0n) is 12.0. The van der Waals surface area contributed by atoms with Crippen LogP contribution in [-0.4, -0.2) is 32.6 Å². The second kappa shape index (κ2) is 7.38. The fraction of sp³-hybridized carbons (Fsp3) is 0.312. The van der Waals surface area contributed by atoms with Crippen LogP contribution < -0.4 is 15.5 Å². The van der Waals surface area contributed by atoms with E-state index in [4.69, 9.17) is 0 Å². The molecule has 0 bridgehead atoms. The number of nitrogens with zero attached hydrogens (tertiary/aromatic N) is 2. The summed E-state index contributed by atoms with van der Waals surface area (Å²) in [4.78, 5) is 6.51. The minimum atomic E-state index is 0.708. The van der Waals surface area contributed by atoms with E-state index in [9.17, 15) is 0 Å². The summed E-state index contributed by atoms with van der Waals surface area (Å²) < 4.78 is 0. The quantitative estimate of drug-likeness (QED) is 0.488. The highest BCUT2D eigenvalue weighted by atomic mass is 15.2. The highest BCUT2D eigenvalue weighted by Gasteiger charge is 2.07. The molecule has 0 saturated carbocycles. The molecule has 0 aromatic heterocycles. The first-order chi connectivity index (χ1) is 9.83. The van der Waals surface area contributed by atoms with Gasteiger partial charge in [-0.25, -0.2) is 0 Å². The van der Waals surface area contributed by atoms with Crippen molar-refractivity contribution >= 4 is 11.6 Å². The summed E-state index contributed by atoms with van der Waals surface area (Å²) in [6.07, 6.45) is 6.21. The highest BCUT2D eigenvalue weighted by molar-refractivity contribution is 5.79. The molecular weight excluding hydrogens is 248 g/mol. The summed E-state index contributed by atoms with van der Waals surface area (Å²) in [5.74, 6) is 0.790. The Bertz CT molecular complexity index is 497. The largest absolute Gasteiger partial charge is 0.364 e. The lowest BCUT2D eigenvalue weighted by Crippen LogP contribution is -2.36. The van der Waals surface area contributed by atoms with Gasteiger partial charge in [-0.1, -0.05) is 30.4 Å². The van der Waals surface area contributed by atoms with Crippen molar-refractivity contribution in [2.24, 2.45) is 4.99 Å². The number of nitrogens with one attached hydrogen (secondary N) is 2. The van der Waals surface area contributed by atoms with Gasteiger partial charge in [-0.15, -0.1) is 6.58 Å². The summed E-state index contributed by atoms with van der Waals surface area (Å²) in [5.41, 5.74) is 2.51. The van der Waals surface area contributed by atoms with Gasteiger partial charge in [0, 0.05) is 38.9 Å². The van der Waals surface area contributed by atoms with E-state index in [1.165, 1.54) is 11.3 Å². The van der Waals surface area contributed by atoms with Gasteiger partial charge in [-0.05, 0) is 17.7 Å². The summed E-state index contributed by atoms with van der Waals surface area (Å²) in [5, 5.41) is 6.45. The number of aliphatic imine (C=N–C) groups is 1. The standard InChI is InChI=1S/C16H22N4/c1-3-9-18-16(17-2)19-13-14-7-6-8-15(12-14)20-10-4-5-11-20/h3-8,12H,1,9-11,13H2,2H3,(H2,17,18,19). The van der Waals surface area contributed by atoms with Crippen molar-refractivity contribution in [1.82, 2.24) is 10.6 Å². The summed E-state index contributed by atoms with van der Waals surface area (Å²) in [6, 6.07) is 8.60. The molecule has 0 saturated heterocycles. The fourth-order valence-electron chi connectivity index (χ4n) is 2.13. The Morgan fingerprint density at radius 2 is 2.15 bits per heavy atom. The molecule has 1 aromatic rings. The van der Waals surface area contributed by atoms with E-state index < -0.39 is 0 Å². The predicted molar refractivity (Wildman–Crippen MR) is 86.2 cm³/mol. The van der Waals surface area contributed by atoms with Gasteiger partial charge in [0.05, 0.1) is 0 Å². The van der Waals surface area contributed by atoms with Gasteiger partial charge in [-0.2, -0.15) is 0 Å². The molecule has 2 N–H and O–H groups in total. The summed E-state index contributed by atoms with van der Waals surface area (Å²) in [6.45, 7) is 7.15. The third-order valence-corrected chi connectivity index (χ3v) is 3.19. The Morgan fingerprint density at radius 3 is 2.85 bits per heavy atom. The monoisotopic (exact) mass is 270 g/mol. The van der Waals surface area contributed by atoms with Gasteiger partial charge < -0.3 is 15.5 Å². The van der Waals surface area contributed by atoms with Crippen LogP contribution in [0.2, 0.25) is 0 Å². The molecule has 106 valence electrons. The van der Waals surface area contributed by atoms with Gasteiger partial charge in [0.25, 0.3) is 0 Å². The number of hydrogen-bond donors (Lipinski definition) is 2. The molecule has 20 heavy (non-hydrogen) atoms. The Balaban J connectivity index is 1.92. The first kappa shape index (κ1) is 14.2. The average Bonchev–Trinajstić information content (AvgIpc) is 3.02. The fourth-order valence-corrected chi connectivity index (χ4v) is 2.13. The predicted octanol–water partition coefficient (Wildman–Crippen LogP) is 1.91. The van der Waals surface area contributed by atoms with E-state index in [1.54, 1.807) is 7.05 Å². The second-order valence-corrected chi connectivity index (χ2v) is 4.64. The Kier molecular flexibility index (Phi) is 5.24.